The topological polar surface area (TPSA) is 75.6 Å². The van der Waals surface area contributed by atoms with Crippen LogP contribution in [0.15, 0.2) is 36.5 Å². The Hall–Kier alpha value is -3.91. The molecule has 222 valence electrons. The minimum absolute atomic E-state index is 0.0162. The minimum atomic E-state index is -0.629. The molecule has 1 unspecified atom stereocenters. The average molecular weight is 585 g/mol. The van der Waals surface area contributed by atoms with Crippen molar-refractivity contribution in [2.45, 2.75) is 37.3 Å². The van der Waals surface area contributed by atoms with E-state index in [2.05, 4.69) is 31.0 Å². The number of nitrogens with one attached hydrogen (secondary N) is 1. The summed E-state index contributed by atoms with van der Waals surface area (Å²) in [7, 11) is 1.67. The summed E-state index contributed by atoms with van der Waals surface area (Å²) < 4.78 is 43.2. The maximum Gasteiger partial charge on any atom is 0.319 e. The quantitative estimate of drug-likeness (QED) is 0.318. The summed E-state index contributed by atoms with van der Waals surface area (Å²) in [6.07, 6.45) is 11.7. The Kier molecular flexibility index (Phi) is 7.33. The molecule has 7 rings (SSSR count). The lowest BCUT2D eigenvalue weighted by molar-refractivity contribution is 0.108. The van der Waals surface area contributed by atoms with Gasteiger partial charge in [0.2, 0.25) is 0 Å². The number of halogens is 2. The number of pyridine rings is 1. The summed E-state index contributed by atoms with van der Waals surface area (Å²) in [6, 6.07) is 8.50. The zero-order valence-corrected chi connectivity index (χ0v) is 24.2. The number of nitrogens with zero attached hydrogens (tertiary/aromatic N) is 5. The highest BCUT2D eigenvalue weighted by atomic mass is 19.1. The van der Waals surface area contributed by atoms with Gasteiger partial charge in [-0.1, -0.05) is 30.2 Å². The molecule has 0 saturated carbocycles. The van der Waals surface area contributed by atoms with Crippen LogP contribution in [0.5, 0.6) is 6.01 Å². The smallest absolute Gasteiger partial charge is 0.319 e. The van der Waals surface area contributed by atoms with Crippen molar-refractivity contribution in [3.05, 3.63) is 53.7 Å². The average Bonchev–Trinajstić information content (AvgIpc) is 3.61. The number of benzene rings is 2. The van der Waals surface area contributed by atoms with Gasteiger partial charge in [-0.05, 0) is 50.2 Å². The molecule has 0 radical (unpaired) electrons. The van der Waals surface area contributed by atoms with E-state index in [-0.39, 0.29) is 34.4 Å². The van der Waals surface area contributed by atoms with Crippen LogP contribution in [0, 0.1) is 24.0 Å². The van der Waals surface area contributed by atoms with Crippen molar-refractivity contribution in [3.63, 3.8) is 0 Å². The first-order valence-corrected chi connectivity index (χ1v) is 14.9. The van der Waals surface area contributed by atoms with Crippen LogP contribution in [-0.4, -0.2) is 84.5 Å². The first kappa shape index (κ1) is 27.9. The number of fused-ring (bicyclic) bond motifs is 3. The maximum absolute atomic E-state index is 16.7. The molecule has 10 heteroatoms. The lowest BCUT2D eigenvalue weighted by Gasteiger charge is -2.35. The zero-order valence-electron chi connectivity index (χ0n) is 24.2. The van der Waals surface area contributed by atoms with E-state index >= 15 is 4.39 Å². The second-order valence-corrected chi connectivity index (χ2v) is 11.7. The van der Waals surface area contributed by atoms with Crippen molar-refractivity contribution in [2.75, 3.05) is 57.9 Å². The highest BCUT2D eigenvalue weighted by Crippen LogP contribution is 2.40. The van der Waals surface area contributed by atoms with Gasteiger partial charge in [0.05, 0.1) is 23.1 Å². The van der Waals surface area contributed by atoms with E-state index in [1.807, 2.05) is 6.07 Å². The molecule has 2 aromatic heterocycles. The van der Waals surface area contributed by atoms with Crippen LogP contribution in [-0.2, 0) is 4.74 Å². The van der Waals surface area contributed by atoms with Crippen LogP contribution in [0.3, 0.4) is 0 Å². The van der Waals surface area contributed by atoms with Crippen molar-refractivity contribution in [1.82, 2.24) is 25.2 Å². The monoisotopic (exact) mass is 584 g/mol. The highest BCUT2D eigenvalue weighted by Gasteiger charge is 2.45. The van der Waals surface area contributed by atoms with Crippen LogP contribution in [0.25, 0.3) is 32.9 Å². The predicted octanol–water partition coefficient (Wildman–Crippen LogP) is 4.54. The van der Waals surface area contributed by atoms with Gasteiger partial charge in [-0.3, -0.25) is 9.88 Å². The fraction of sp³-hybridized carbons (Fsp3) is 0.424. The summed E-state index contributed by atoms with van der Waals surface area (Å²) in [5.41, 5.74) is 0.612. The normalized spacial score (nSPS) is 20.0. The second-order valence-electron chi connectivity index (χ2n) is 11.7. The van der Waals surface area contributed by atoms with Gasteiger partial charge in [0, 0.05) is 49.9 Å². The van der Waals surface area contributed by atoms with Crippen molar-refractivity contribution < 1.29 is 18.3 Å². The van der Waals surface area contributed by atoms with E-state index < -0.39 is 11.6 Å². The Labute approximate surface area is 249 Å². The molecule has 0 amide bonds. The highest BCUT2D eigenvalue weighted by molar-refractivity contribution is 6.02. The third-order valence-electron chi connectivity index (χ3n) is 9.24. The SMILES string of the molecule is C#Cc1c(F)ccc2cccc(-c3ncc4c(N5CCNC(COC)C5)nc(OCC56CCCN5CCC6)nc4c3F)c12. The van der Waals surface area contributed by atoms with Gasteiger partial charge in [-0.2, -0.15) is 9.97 Å². The molecule has 1 N–H and O–H groups in total. The van der Waals surface area contributed by atoms with Crippen molar-refractivity contribution in [1.29, 1.82) is 0 Å². The number of rotatable bonds is 7. The van der Waals surface area contributed by atoms with Crippen LogP contribution < -0.4 is 15.0 Å². The predicted molar refractivity (Wildman–Crippen MR) is 162 cm³/mol. The summed E-state index contributed by atoms with van der Waals surface area (Å²) in [4.78, 5) is 18.7. The molecule has 3 saturated heterocycles. The number of anilines is 1. The molecule has 0 spiro atoms. The standard InChI is InChI=1S/C33H34F2N6O2/c1-3-23-26(34)10-9-21-7-4-8-24(27(21)23)29-28(35)30-25(17-37-29)31(40-16-13-36-22(18-40)19-42-2)39-32(38-30)43-20-33-11-5-14-41(33)15-6-12-33/h1,4,7-10,17,22,36H,5-6,11-16,18-20H2,2H3. The Morgan fingerprint density at radius 2 is 1.95 bits per heavy atom. The third kappa shape index (κ3) is 4.85. The number of aromatic nitrogens is 3. The molecule has 43 heavy (non-hydrogen) atoms. The molecule has 3 aliphatic heterocycles. The first-order chi connectivity index (χ1) is 21.0. The first-order valence-electron chi connectivity index (χ1n) is 14.9. The van der Waals surface area contributed by atoms with E-state index in [9.17, 15) is 4.39 Å². The number of hydrogen-bond donors (Lipinski definition) is 1. The van der Waals surface area contributed by atoms with Crippen molar-refractivity contribution in [3.8, 4) is 29.6 Å². The van der Waals surface area contributed by atoms with E-state index in [0.29, 0.717) is 53.8 Å². The molecule has 3 aliphatic rings. The summed E-state index contributed by atoms with van der Waals surface area (Å²) in [6.45, 7) is 5.15. The molecule has 0 aliphatic carbocycles. The molecule has 2 aromatic carbocycles. The lowest BCUT2D eigenvalue weighted by Crippen LogP contribution is -2.53. The largest absolute Gasteiger partial charge is 0.461 e. The van der Waals surface area contributed by atoms with Crippen LogP contribution in [0.2, 0.25) is 0 Å². The van der Waals surface area contributed by atoms with Gasteiger partial charge in [0.1, 0.15) is 29.5 Å². The molecule has 0 bridgehead atoms. The number of hydrogen-bond acceptors (Lipinski definition) is 8. The Balaban J connectivity index is 1.36. The van der Waals surface area contributed by atoms with Gasteiger partial charge in [-0.15, -0.1) is 6.42 Å². The van der Waals surface area contributed by atoms with Crippen LogP contribution in [0.1, 0.15) is 31.2 Å². The van der Waals surface area contributed by atoms with Gasteiger partial charge >= 0.3 is 6.01 Å². The Morgan fingerprint density at radius 1 is 1.12 bits per heavy atom. The van der Waals surface area contributed by atoms with Crippen LogP contribution in [0.4, 0.5) is 14.6 Å². The lowest BCUT2D eigenvalue weighted by atomic mass is 9.95. The van der Waals surface area contributed by atoms with E-state index in [0.717, 1.165) is 45.3 Å². The zero-order chi connectivity index (χ0) is 29.6. The van der Waals surface area contributed by atoms with Gasteiger partial charge < -0.3 is 19.7 Å². The maximum atomic E-state index is 16.7. The molecular weight excluding hydrogens is 550 g/mol. The third-order valence-corrected chi connectivity index (χ3v) is 9.24. The molecule has 5 heterocycles. The number of methoxy groups -OCH3 is 1. The number of piperazine rings is 1. The Bertz CT molecular complexity index is 1730. The number of ether oxygens (including phenoxy) is 2. The van der Waals surface area contributed by atoms with E-state index in [1.54, 1.807) is 31.5 Å². The fourth-order valence-corrected chi connectivity index (χ4v) is 7.20. The second kappa shape index (κ2) is 11.3. The van der Waals surface area contributed by atoms with Crippen LogP contribution >= 0.6 is 0 Å². The van der Waals surface area contributed by atoms with Crippen molar-refractivity contribution in [2.24, 2.45) is 0 Å². The van der Waals surface area contributed by atoms with E-state index in [4.69, 9.17) is 20.9 Å². The molecule has 4 aromatic rings. The van der Waals surface area contributed by atoms with Gasteiger partial charge in [-0.25, -0.2) is 8.78 Å². The van der Waals surface area contributed by atoms with Gasteiger partial charge in [0.15, 0.2) is 5.82 Å². The molecule has 1 atom stereocenters. The fourth-order valence-electron chi connectivity index (χ4n) is 7.20. The minimum Gasteiger partial charge on any atom is -0.461 e. The van der Waals surface area contributed by atoms with E-state index in [1.165, 1.54) is 6.07 Å². The van der Waals surface area contributed by atoms with Crippen molar-refractivity contribution >= 4 is 27.5 Å². The summed E-state index contributed by atoms with van der Waals surface area (Å²) in [5.74, 6) is 1.84. The van der Waals surface area contributed by atoms with Gasteiger partial charge in [0.25, 0.3) is 0 Å². The Morgan fingerprint density at radius 3 is 2.74 bits per heavy atom. The summed E-state index contributed by atoms with van der Waals surface area (Å²) in [5, 5.41) is 5.08. The molecule has 3 fully saturated rings. The number of terminal acetylenes is 1. The summed E-state index contributed by atoms with van der Waals surface area (Å²) >= 11 is 0. The molecular formula is C33H34F2N6O2. The molecule has 8 nitrogen and oxygen atoms in total.